The number of ketones is 1. The fourth-order valence-corrected chi connectivity index (χ4v) is 1.70. The minimum atomic E-state index is -0.612. The number of aromatic nitrogens is 1. The summed E-state index contributed by atoms with van der Waals surface area (Å²) in [6.45, 7) is 1.75. The summed E-state index contributed by atoms with van der Waals surface area (Å²) >= 11 is 0. The molecule has 0 atom stereocenters. The van der Waals surface area contributed by atoms with E-state index in [2.05, 4.69) is 5.32 Å². The number of aliphatic hydroxyl groups excluding tert-OH is 1. The van der Waals surface area contributed by atoms with Crippen LogP contribution in [0.2, 0.25) is 0 Å². The van der Waals surface area contributed by atoms with E-state index in [1.54, 1.807) is 26.1 Å². The molecular formula is C17H21FN2O4. The molecule has 0 bridgehead atoms. The zero-order valence-electron chi connectivity index (χ0n) is 14.0. The van der Waals surface area contributed by atoms with Crippen LogP contribution in [0.25, 0.3) is 0 Å². The summed E-state index contributed by atoms with van der Waals surface area (Å²) in [4.78, 5) is 31.2. The van der Waals surface area contributed by atoms with Gasteiger partial charge in [0.05, 0.1) is 5.69 Å². The van der Waals surface area contributed by atoms with E-state index in [1.165, 1.54) is 22.9 Å². The second-order valence-corrected chi connectivity index (χ2v) is 4.58. The fraction of sp³-hybridized carbons (Fsp3) is 0.235. The number of carbonyl (C=O) groups is 3. The number of Topliss-reactive ketones (excluding diaryl/α,β-unsaturated/α-hetero) is 1. The number of hydrogen-bond acceptors (Lipinski definition) is 5. The summed E-state index contributed by atoms with van der Waals surface area (Å²) in [6.07, 6.45) is 2.30. The molecule has 2 N–H and O–H groups in total. The molecule has 1 aromatic carbocycles. The molecule has 2 aromatic rings. The van der Waals surface area contributed by atoms with Gasteiger partial charge in [-0.25, -0.2) is 4.39 Å². The van der Waals surface area contributed by atoms with Crippen LogP contribution in [0.15, 0.2) is 30.5 Å². The van der Waals surface area contributed by atoms with Crippen molar-refractivity contribution in [3.05, 3.63) is 53.1 Å². The molecule has 1 heterocycles. The molecule has 2 rings (SSSR count). The highest BCUT2D eigenvalue weighted by Gasteiger charge is 2.08. The van der Waals surface area contributed by atoms with E-state index in [1.807, 2.05) is 7.05 Å². The number of benzene rings is 1. The maximum Gasteiger partial charge on any atom is 0.226 e. The first kappa shape index (κ1) is 21.2. The Morgan fingerprint density at radius 1 is 1.25 bits per heavy atom. The van der Waals surface area contributed by atoms with E-state index >= 15 is 0 Å². The van der Waals surface area contributed by atoms with Gasteiger partial charge in [-0.15, -0.1) is 0 Å². The first-order valence-electron chi connectivity index (χ1n) is 6.92. The monoisotopic (exact) mass is 336 g/mol. The maximum atomic E-state index is 12.6. The third kappa shape index (κ3) is 6.13. The van der Waals surface area contributed by atoms with E-state index in [4.69, 9.17) is 5.11 Å². The largest absolute Gasteiger partial charge is 0.400 e. The highest BCUT2D eigenvalue weighted by Crippen LogP contribution is 2.12. The molecule has 0 aliphatic heterocycles. The molecule has 0 amide bonds. The molecule has 1 aromatic heterocycles. The Labute approximate surface area is 139 Å². The van der Waals surface area contributed by atoms with Gasteiger partial charge in [-0.1, -0.05) is 0 Å². The van der Waals surface area contributed by atoms with Gasteiger partial charge in [0.25, 0.3) is 0 Å². The smallest absolute Gasteiger partial charge is 0.226 e. The lowest BCUT2D eigenvalue weighted by molar-refractivity contribution is -0.104. The molecular weight excluding hydrogens is 315 g/mol. The van der Waals surface area contributed by atoms with Crippen molar-refractivity contribution >= 4 is 24.0 Å². The van der Waals surface area contributed by atoms with Crippen molar-refractivity contribution in [2.45, 2.75) is 6.92 Å². The highest BCUT2D eigenvalue weighted by atomic mass is 19.1. The van der Waals surface area contributed by atoms with Crippen molar-refractivity contribution in [1.82, 2.24) is 4.57 Å². The number of aldehydes is 2. The summed E-state index contributed by atoms with van der Waals surface area (Å²) in [6, 6.07) is 6.32. The van der Waals surface area contributed by atoms with Crippen molar-refractivity contribution < 1.29 is 23.9 Å². The number of hydrogen-bond donors (Lipinski definition) is 2. The van der Waals surface area contributed by atoms with Crippen LogP contribution in [0.4, 0.5) is 10.1 Å². The highest BCUT2D eigenvalue weighted by molar-refractivity contribution is 6.33. The molecule has 0 radical (unpaired) electrons. The standard InChI is InChI=1S/C8H10FN.C8H7NO3.CH4O/c1-6-5-7(10-2)3-4-8(6)9;1-9-3-6(8(12)5-11)2-7(9)4-10;1-2/h3-5,10H,1-2H3;2-5H,1H3;2H,1H3. The van der Waals surface area contributed by atoms with E-state index in [9.17, 15) is 18.8 Å². The quantitative estimate of drug-likeness (QED) is 0.506. The number of halogens is 1. The van der Waals surface area contributed by atoms with Gasteiger partial charge in [0.1, 0.15) is 5.82 Å². The Kier molecular flexibility index (Phi) is 9.58. The first-order valence-corrected chi connectivity index (χ1v) is 6.92. The van der Waals surface area contributed by atoms with Crippen LogP contribution < -0.4 is 5.32 Å². The number of aliphatic hydroxyl groups is 1. The summed E-state index contributed by atoms with van der Waals surface area (Å²) in [7, 11) is 4.44. The number of nitrogens with zero attached hydrogens (tertiary/aromatic N) is 1. The van der Waals surface area contributed by atoms with Crippen molar-refractivity contribution in [2.75, 3.05) is 19.5 Å². The Morgan fingerprint density at radius 3 is 2.29 bits per heavy atom. The average Bonchev–Trinajstić information content (AvgIpc) is 3.00. The van der Waals surface area contributed by atoms with Gasteiger partial charge in [-0.05, 0) is 36.8 Å². The van der Waals surface area contributed by atoms with Gasteiger partial charge < -0.3 is 15.0 Å². The van der Waals surface area contributed by atoms with Crippen LogP contribution in [0.5, 0.6) is 0 Å². The zero-order valence-corrected chi connectivity index (χ0v) is 14.0. The third-order valence-corrected chi connectivity index (χ3v) is 3.00. The molecule has 0 aliphatic carbocycles. The minimum Gasteiger partial charge on any atom is -0.400 e. The first-order chi connectivity index (χ1) is 11.4. The number of carbonyl (C=O) groups excluding carboxylic acids is 3. The van der Waals surface area contributed by atoms with Gasteiger partial charge in [-0.2, -0.15) is 0 Å². The van der Waals surface area contributed by atoms with E-state index < -0.39 is 5.78 Å². The predicted molar refractivity (Wildman–Crippen MR) is 90.0 cm³/mol. The lowest BCUT2D eigenvalue weighted by Gasteiger charge is -2.00. The molecule has 0 aliphatic rings. The molecule has 0 saturated heterocycles. The molecule has 6 nitrogen and oxygen atoms in total. The topological polar surface area (TPSA) is 88.4 Å². The molecule has 7 heteroatoms. The second-order valence-electron chi connectivity index (χ2n) is 4.58. The SMILES string of the molecule is CNc1ccc(F)c(C)c1.CO.Cn1cc(C(=O)C=O)cc1C=O. The van der Waals surface area contributed by atoms with Crippen LogP contribution in [0, 0.1) is 12.7 Å². The summed E-state index contributed by atoms with van der Waals surface area (Å²) in [5.74, 6) is -0.766. The van der Waals surface area contributed by atoms with E-state index in [0.29, 0.717) is 17.5 Å². The number of anilines is 1. The molecule has 0 fully saturated rings. The summed E-state index contributed by atoms with van der Waals surface area (Å²) < 4.78 is 14.1. The van der Waals surface area contributed by atoms with Crippen LogP contribution in [-0.4, -0.2) is 42.2 Å². The fourth-order valence-electron chi connectivity index (χ4n) is 1.70. The third-order valence-electron chi connectivity index (χ3n) is 3.00. The van der Waals surface area contributed by atoms with Gasteiger partial charge in [0, 0.05) is 38.7 Å². The second kappa shape index (κ2) is 10.8. The molecule has 24 heavy (non-hydrogen) atoms. The maximum absolute atomic E-state index is 12.6. The van der Waals surface area contributed by atoms with Crippen LogP contribution >= 0.6 is 0 Å². The summed E-state index contributed by atoms with van der Waals surface area (Å²) in [5.41, 5.74) is 2.24. The Hall–Kier alpha value is -2.80. The van der Waals surface area contributed by atoms with Gasteiger partial charge >= 0.3 is 0 Å². The minimum absolute atomic E-state index is 0.154. The zero-order chi connectivity index (χ0) is 18.7. The molecule has 0 unspecified atom stereocenters. The lowest BCUT2D eigenvalue weighted by atomic mass is 10.2. The number of rotatable bonds is 4. The molecule has 0 spiro atoms. The normalized spacial score (nSPS) is 8.92. The molecule has 130 valence electrons. The van der Waals surface area contributed by atoms with Crippen molar-refractivity contribution in [2.24, 2.45) is 7.05 Å². The average molecular weight is 336 g/mol. The van der Waals surface area contributed by atoms with Gasteiger partial charge in [0.2, 0.25) is 5.78 Å². The van der Waals surface area contributed by atoms with Crippen LogP contribution in [0.3, 0.4) is 0 Å². The van der Waals surface area contributed by atoms with Crippen molar-refractivity contribution in [3.8, 4) is 0 Å². The van der Waals surface area contributed by atoms with E-state index in [0.717, 1.165) is 12.8 Å². The predicted octanol–water partition coefficient (Wildman–Crippen LogP) is 2.00. The van der Waals surface area contributed by atoms with Crippen LogP contribution in [-0.2, 0) is 11.8 Å². The van der Waals surface area contributed by atoms with E-state index in [-0.39, 0.29) is 17.7 Å². The van der Waals surface area contributed by atoms with Gasteiger partial charge in [-0.3, -0.25) is 14.4 Å². The number of aryl methyl sites for hydroxylation is 2. The Balaban J connectivity index is 0.000000405. The Morgan fingerprint density at radius 2 is 1.88 bits per heavy atom. The van der Waals surface area contributed by atoms with Crippen LogP contribution in [0.1, 0.15) is 26.4 Å². The molecule has 0 saturated carbocycles. The van der Waals surface area contributed by atoms with Crippen molar-refractivity contribution in [3.63, 3.8) is 0 Å². The number of nitrogens with one attached hydrogen (secondary N) is 1. The van der Waals surface area contributed by atoms with Crippen molar-refractivity contribution in [1.29, 1.82) is 0 Å². The summed E-state index contributed by atoms with van der Waals surface area (Å²) in [5, 5.41) is 9.93. The van der Waals surface area contributed by atoms with Gasteiger partial charge in [0.15, 0.2) is 12.6 Å². The lowest BCUT2D eigenvalue weighted by Crippen LogP contribution is -1.97. The Bertz CT molecular complexity index is 696.